The van der Waals surface area contributed by atoms with Gasteiger partial charge in [0, 0.05) is 32.1 Å². The average molecular weight is 302 g/mol. The number of carbonyl (C=O) groups is 1. The number of nitrogens with zero attached hydrogens (tertiary/aromatic N) is 1. The first kappa shape index (κ1) is 15.5. The first-order chi connectivity index (χ1) is 10.8. The average Bonchev–Trinajstić information content (AvgIpc) is 3.09. The third kappa shape index (κ3) is 4.08. The molecule has 0 unspecified atom stereocenters. The van der Waals surface area contributed by atoms with Crippen molar-refractivity contribution in [2.24, 2.45) is 5.92 Å². The molecule has 0 spiro atoms. The van der Waals surface area contributed by atoms with Crippen molar-refractivity contribution in [1.29, 1.82) is 0 Å². The third-order valence-corrected chi connectivity index (χ3v) is 4.80. The van der Waals surface area contributed by atoms with Crippen molar-refractivity contribution in [1.82, 2.24) is 10.2 Å². The van der Waals surface area contributed by atoms with Crippen LogP contribution >= 0.6 is 0 Å². The van der Waals surface area contributed by atoms with E-state index in [4.69, 9.17) is 4.74 Å². The Balaban J connectivity index is 1.57. The van der Waals surface area contributed by atoms with Crippen molar-refractivity contribution < 1.29 is 9.53 Å². The van der Waals surface area contributed by atoms with Crippen LogP contribution in [0.25, 0.3) is 0 Å². The van der Waals surface area contributed by atoms with Crippen molar-refractivity contribution in [3.05, 3.63) is 35.4 Å². The Hall–Kier alpha value is -1.39. The Morgan fingerprint density at radius 3 is 2.55 bits per heavy atom. The van der Waals surface area contributed by atoms with Crippen LogP contribution in [0.2, 0.25) is 0 Å². The topological polar surface area (TPSA) is 41.6 Å². The Labute approximate surface area is 132 Å². The fourth-order valence-corrected chi connectivity index (χ4v) is 3.40. The number of amides is 1. The third-order valence-electron chi connectivity index (χ3n) is 4.80. The van der Waals surface area contributed by atoms with Gasteiger partial charge < -0.3 is 10.1 Å². The maximum Gasteiger partial charge on any atom is 0.223 e. The molecular weight excluding hydrogens is 276 g/mol. The first-order valence-electron chi connectivity index (χ1n) is 8.47. The van der Waals surface area contributed by atoms with E-state index in [0.29, 0.717) is 6.54 Å². The summed E-state index contributed by atoms with van der Waals surface area (Å²) in [5.41, 5.74) is 2.55. The molecule has 1 N–H and O–H groups in total. The summed E-state index contributed by atoms with van der Waals surface area (Å²) in [6, 6.07) is 8.44. The summed E-state index contributed by atoms with van der Waals surface area (Å²) in [5.74, 6) is 0.477. The van der Waals surface area contributed by atoms with Crippen molar-refractivity contribution in [2.75, 3.05) is 26.3 Å². The summed E-state index contributed by atoms with van der Waals surface area (Å²) in [6.07, 6.45) is 4.51. The lowest BCUT2D eigenvalue weighted by Crippen LogP contribution is -2.36. The standard InChI is InChI=1S/C18H26N2O2/c21-18(15-5-1-2-6-15)19-13-16-7-3-4-8-17(16)14-20-9-11-22-12-10-20/h3-4,7-8,15H,1-2,5-6,9-14H2,(H,19,21). The van der Waals surface area contributed by atoms with Crippen LogP contribution in [0.3, 0.4) is 0 Å². The van der Waals surface area contributed by atoms with E-state index in [0.717, 1.165) is 45.7 Å². The summed E-state index contributed by atoms with van der Waals surface area (Å²) in [7, 11) is 0. The molecule has 1 saturated heterocycles. The molecule has 1 aliphatic heterocycles. The Kier molecular flexibility index (Phi) is 5.46. The summed E-state index contributed by atoms with van der Waals surface area (Å²) >= 11 is 0. The molecule has 4 nitrogen and oxygen atoms in total. The summed E-state index contributed by atoms with van der Waals surface area (Å²) in [5, 5.41) is 3.14. The maximum absolute atomic E-state index is 12.2. The second kappa shape index (κ2) is 7.75. The molecule has 1 aromatic carbocycles. The normalized spacial score (nSPS) is 20.2. The minimum Gasteiger partial charge on any atom is -0.379 e. The van der Waals surface area contributed by atoms with E-state index in [2.05, 4.69) is 34.5 Å². The second-order valence-electron chi connectivity index (χ2n) is 6.36. The monoisotopic (exact) mass is 302 g/mol. The quantitative estimate of drug-likeness (QED) is 0.907. The van der Waals surface area contributed by atoms with Gasteiger partial charge in [0.1, 0.15) is 0 Å². The summed E-state index contributed by atoms with van der Waals surface area (Å²) in [4.78, 5) is 14.6. The number of hydrogen-bond acceptors (Lipinski definition) is 3. The number of rotatable bonds is 5. The number of ether oxygens (including phenoxy) is 1. The zero-order valence-electron chi connectivity index (χ0n) is 13.2. The van der Waals surface area contributed by atoms with E-state index in [1.54, 1.807) is 0 Å². The molecule has 3 rings (SSSR count). The van der Waals surface area contributed by atoms with Crippen molar-refractivity contribution >= 4 is 5.91 Å². The van der Waals surface area contributed by atoms with E-state index in [9.17, 15) is 4.79 Å². The van der Waals surface area contributed by atoms with Crippen LogP contribution in [-0.4, -0.2) is 37.1 Å². The van der Waals surface area contributed by atoms with Crippen LogP contribution in [0, 0.1) is 5.92 Å². The minimum atomic E-state index is 0.235. The lowest BCUT2D eigenvalue weighted by molar-refractivity contribution is -0.124. The number of hydrogen-bond donors (Lipinski definition) is 1. The molecular formula is C18H26N2O2. The van der Waals surface area contributed by atoms with Gasteiger partial charge in [-0.3, -0.25) is 9.69 Å². The van der Waals surface area contributed by atoms with E-state index in [1.165, 1.54) is 24.0 Å². The van der Waals surface area contributed by atoms with E-state index < -0.39 is 0 Å². The maximum atomic E-state index is 12.2. The van der Waals surface area contributed by atoms with E-state index >= 15 is 0 Å². The van der Waals surface area contributed by atoms with Crippen molar-refractivity contribution in [2.45, 2.75) is 38.8 Å². The van der Waals surface area contributed by atoms with Crippen LogP contribution in [0.1, 0.15) is 36.8 Å². The molecule has 1 aliphatic carbocycles. The van der Waals surface area contributed by atoms with Gasteiger partial charge >= 0.3 is 0 Å². The molecule has 0 atom stereocenters. The van der Waals surface area contributed by atoms with Gasteiger partial charge in [0.25, 0.3) is 0 Å². The minimum absolute atomic E-state index is 0.235. The predicted octanol–water partition coefficient (Wildman–Crippen LogP) is 2.33. The molecule has 0 aromatic heterocycles. The SMILES string of the molecule is O=C(NCc1ccccc1CN1CCOCC1)C1CCCC1. The van der Waals surface area contributed by atoms with Gasteiger partial charge in [0.2, 0.25) is 5.91 Å². The Morgan fingerprint density at radius 2 is 1.82 bits per heavy atom. The van der Waals surface area contributed by atoms with E-state index in [1.807, 2.05) is 0 Å². The van der Waals surface area contributed by atoms with Gasteiger partial charge in [-0.15, -0.1) is 0 Å². The number of morpholine rings is 1. The van der Waals surface area contributed by atoms with Crippen LogP contribution in [0.15, 0.2) is 24.3 Å². The van der Waals surface area contributed by atoms with Gasteiger partial charge in [-0.1, -0.05) is 37.1 Å². The number of benzene rings is 1. The second-order valence-corrected chi connectivity index (χ2v) is 6.36. The molecule has 1 heterocycles. The van der Waals surface area contributed by atoms with Gasteiger partial charge in [-0.25, -0.2) is 0 Å². The molecule has 120 valence electrons. The van der Waals surface area contributed by atoms with Gasteiger partial charge in [0.05, 0.1) is 13.2 Å². The van der Waals surface area contributed by atoms with Crippen molar-refractivity contribution in [3.63, 3.8) is 0 Å². The molecule has 1 aromatic rings. The molecule has 1 saturated carbocycles. The highest BCUT2D eigenvalue weighted by Crippen LogP contribution is 2.24. The largest absolute Gasteiger partial charge is 0.379 e. The summed E-state index contributed by atoms with van der Waals surface area (Å²) < 4.78 is 5.40. The lowest BCUT2D eigenvalue weighted by Gasteiger charge is -2.27. The predicted molar refractivity (Wildman–Crippen MR) is 86.3 cm³/mol. The molecule has 22 heavy (non-hydrogen) atoms. The molecule has 2 fully saturated rings. The first-order valence-corrected chi connectivity index (χ1v) is 8.47. The fraction of sp³-hybridized carbons (Fsp3) is 0.611. The Bertz CT molecular complexity index is 492. The van der Waals surface area contributed by atoms with Gasteiger partial charge in [0.15, 0.2) is 0 Å². The number of nitrogens with one attached hydrogen (secondary N) is 1. The van der Waals surface area contributed by atoms with Crippen LogP contribution < -0.4 is 5.32 Å². The highest BCUT2D eigenvalue weighted by Gasteiger charge is 2.22. The van der Waals surface area contributed by atoms with Gasteiger partial charge in [-0.05, 0) is 24.0 Å². The highest BCUT2D eigenvalue weighted by atomic mass is 16.5. The zero-order valence-corrected chi connectivity index (χ0v) is 13.2. The van der Waals surface area contributed by atoms with Crippen LogP contribution in [0.5, 0.6) is 0 Å². The van der Waals surface area contributed by atoms with E-state index in [-0.39, 0.29) is 11.8 Å². The Morgan fingerprint density at radius 1 is 1.14 bits per heavy atom. The zero-order chi connectivity index (χ0) is 15.2. The fourth-order valence-electron chi connectivity index (χ4n) is 3.40. The smallest absolute Gasteiger partial charge is 0.223 e. The molecule has 2 aliphatic rings. The molecule has 4 heteroatoms. The molecule has 0 radical (unpaired) electrons. The molecule has 0 bridgehead atoms. The van der Waals surface area contributed by atoms with Gasteiger partial charge in [-0.2, -0.15) is 0 Å². The number of carbonyl (C=O) groups excluding carboxylic acids is 1. The molecule has 1 amide bonds. The highest BCUT2D eigenvalue weighted by molar-refractivity contribution is 5.78. The lowest BCUT2D eigenvalue weighted by atomic mass is 10.0. The summed E-state index contributed by atoms with van der Waals surface area (Å²) in [6.45, 7) is 5.21. The van der Waals surface area contributed by atoms with Crippen LogP contribution in [-0.2, 0) is 22.6 Å². The van der Waals surface area contributed by atoms with Crippen molar-refractivity contribution in [3.8, 4) is 0 Å². The van der Waals surface area contributed by atoms with Crippen LogP contribution in [0.4, 0.5) is 0 Å².